The average Bonchev–Trinajstić information content (AvgIpc) is 2.61. The molecule has 0 spiro atoms. The molecule has 0 radical (unpaired) electrons. The van der Waals surface area contributed by atoms with Crippen LogP contribution in [0.5, 0.6) is 0 Å². The lowest BCUT2D eigenvalue weighted by Crippen LogP contribution is -1.77. The van der Waals surface area contributed by atoms with E-state index in [1.807, 2.05) is 36.4 Å². The van der Waals surface area contributed by atoms with Gasteiger partial charge in [-0.3, -0.25) is 0 Å². The summed E-state index contributed by atoms with van der Waals surface area (Å²) in [5.74, 6) is 0. The highest BCUT2D eigenvalue weighted by molar-refractivity contribution is 5.89. The Morgan fingerprint density at radius 2 is 1.92 bits per heavy atom. The van der Waals surface area contributed by atoms with Crippen LogP contribution in [0.4, 0.5) is 0 Å². The van der Waals surface area contributed by atoms with E-state index in [4.69, 9.17) is 4.42 Å². The molecular formula is C11H7NO. The molecule has 2 heterocycles. The van der Waals surface area contributed by atoms with Crippen LogP contribution in [0.25, 0.3) is 22.0 Å². The summed E-state index contributed by atoms with van der Waals surface area (Å²) >= 11 is 0. The van der Waals surface area contributed by atoms with Crippen molar-refractivity contribution < 1.29 is 4.42 Å². The second-order valence-electron chi connectivity index (χ2n) is 2.99. The molecule has 0 amide bonds. The Labute approximate surface area is 74.8 Å². The molecule has 13 heavy (non-hydrogen) atoms. The van der Waals surface area contributed by atoms with Gasteiger partial charge in [0.25, 0.3) is 0 Å². The molecule has 2 aromatic heterocycles. The van der Waals surface area contributed by atoms with Gasteiger partial charge in [-0.15, -0.1) is 0 Å². The van der Waals surface area contributed by atoms with Crippen LogP contribution < -0.4 is 0 Å². The molecule has 0 aliphatic heterocycles. The van der Waals surface area contributed by atoms with Crippen LogP contribution in [-0.4, -0.2) is 4.98 Å². The van der Waals surface area contributed by atoms with E-state index in [0.717, 1.165) is 22.0 Å². The number of benzene rings is 1. The van der Waals surface area contributed by atoms with Crippen molar-refractivity contribution in [2.24, 2.45) is 0 Å². The SMILES string of the molecule is c1ccc2nc3ccoc3cc2c1. The molecule has 0 saturated heterocycles. The van der Waals surface area contributed by atoms with Crippen LogP contribution in [-0.2, 0) is 0 Å². The van der Waals surface area contributed by atoms with Crippen molar-refractivity contribution in [3.05, 3.63) is 42.7 Å². The fraction of sp³-hybridized carbons (Fsp3) is 0. The number of aromatic nitrogens is 1. The first-order valence-electron chi connectivity index (χ1n) is 4.16. The zero-order chi connectivity index (χ0) is 8.67. The second-order valence-corrected chi connectivity index (χ2v) is 2.99. The summed E-state index contributed by atoms with van der Waals surface area (Å²) in [6, 6.07) is 11.9. The molecule has 0 fully saturated rings. The number of hydrogen-bond donors (Lipinski definition) is 0. The van der Waals surface area contributed by atoms with Crippen molar-refractivity contribution in [1.29, 1.82) is 0 Å². The summed E-state index contributed by atoms with van der Waals surface area (Å²) in [6.45, 7) is 0. The zero-order valence-electron chi connectivity index (χ0n) is 6.90. The standard InChI is InChI=1S/C11H7NO/c1-2-4-9-8(3-1)7-11-10(12-9)5-6-13-11/h1-7H. The monoisotopic (exact) mass is 169 g/mol. The average molecular weight is 169 g/mol. The lowest BCUT2D eigenvalue weighted by Gasteiger charge is -1.94. The largest absolute Gasteiger partial charge is 0.463 e. The van der Waals surface area contributed by atoms with E-state index in [9.17, 15) is 0 Å². The molecule has 3 aromatic rings. The van der Waals surface area contributed by atoms with Crippen molar-refractivity contribution >= 4 is 22.0 Å². The molecule has 0 saturated carbocycles. The Morgan fingerprint density at radius 1 is 1.00 bits per heavy atom. The fourth-order valence-electron chi connectivity index (χ4n) is 1.50. The minimum absolute atomic E-state index is 0.846. The van der Waals surface area contributed by atoms with E-state index in [2.05, 4.69) is 4.98 Å². The predicted molar refractivity (Wildman–Crippen MR) is 51.5 cm³/mol. The number of hydrogen-bond acceptors (Lipinski definition) is 2. The molecule has 3 rings (SSSR count). The van der Waals surface area contributed by atoms with Crippen molar-refractivity contribution in [2.75, 3.05) is 0 Å². The van der Waals surface area contributed by atoms with Gasteiger partial charge in [0.2, 0.25) is 0 Å². The van der Waals surface area contributed by atoms with Crippen LogP contribution >= 0.6 is 0 Å². The van der Waals surface area contributed by atoms with Crippen molar-refractivity contribution in [2.45, 2.75) is 0 Å². The molecule has 2 nitrogen and oxygen atoms in total. The molecular weight excluding hydrogens is 162 g/mol. The molecule has 0 atom stereocenters. The van der Waals surface area contributed by atoms with Crippen LogP contribution in [0, 0.1) is 0 Å². The predicted octanol–water partition coefficient (Wildman–Crippen LogP) is 2.98. The van der Waals surface area contributed by atoms with Gasteiger partial charge in [-0.25, -0.2) is 4.98 Å². The van der Waals surface area contributed by atoms with Crippen LogP contribution in [0.2, 0.25) is 0 Å². The summed E-state index contributed by atoms with van der Waals surface area (Å²) in [6.07, 6.45) is 1.66. The Kier molecular flexibility index (Phi) is 1.19. The van der Waals surface area contributed by atoms with E-state index in [1.54, 1.807) is 6.26 Å². The number of pyridine rings is 1. The topological polar surface area (TPSA) is 26.0 Å². The Hall–Kier alpha value is -1.83. The number of para-hydroxylation sites is 1. The molecule has 1 aromatic carbocycles. The number of fused-ring (bicyclic) bond motifs is 2. The van der Waals surface area contributed by atoms with E-state index in [0.29, 0.717) is 0 Å². The highest BCUT2D eigenvalue weighted by Gasteiger charge is 1.99. The minimum atomic E-state index is 0.846. The lowest BCUT2D eigenvalue weighted by atomic mass is 10.2. The Morgan fingerprint density at radius 3 is 2.92 bits per heavy atom. The van der Waals surface area contributed by atoms with E-state index in [-0.39, 0.29) is 0 Å². The maximum absolute atomic E-state index is 5.26. The molecule has 0 bridgehead atoms. The first-order valence-corrected chi connectivity index (χ1v) is 4.16. The minimum Gasteiger partial charge on any atom is -0.463 e. The quantitative estimate of drug-likeness (QED) is 0.517. The van der Waals surface area contributed by atoms with Gasteiger partial charge in [-0.2, -0.15) is 0 Å². The highest BCUT2D eigenvalue weighted by Crippen LogP contribution is 2.19. The van der Waals surface area contributed by atoms with Crippen LogP contribution in [0.3, 0.4) is 0 Å². The molecule has 0 unspecified atom stereocenters. The van der Waals surface area contributed by atoms with Gasteiger partial charge in [0.05, 0.1) is 11.8 Å². The number of nitrogens with zero attached hydrogens (tertiary/aromatic N) is 1. The normalized spacial score (nSPS) is 11.1. The maximum Gasteiger partial charge on any atom is 0.152 e. The molecule has 0 aliphatic rings. The van der Waals surface area contributed by atoms with Crippen LogP contribution in [0.15, 0.2) is 47.1 Å². The van der Waals surface area contributed by atoms with Crippen molar-refractivity contribution in [3.8, 4) is 0 Å². The summed E-state index contributed by atoms with van der Waals surface area (Å²) in [4.78, 5) is 4.44. The van der Waals surface area contributed by atoms with Gasteiger partial charge < -0.3 is 4.42 Å². The highest BCUT2D eigenvalue weighted by atomic mass is 16.3. The lowest BCUT2D eigenvalue weighted by molar-refractivity contribution is 0.616. The summed E-state index contributed by atoms with van der Waals surface area (Å²) in [5, 5.41) is 1.12. The fourth-order valence-corrected chi connectivity index (χ4v) is 1.50. The smallest absolute Gasteiger partial charge is 0.152 e. The molecule has 0 N–H and O–H groups in total. The van der Waals surface area contributed by atoms with Crippen molar-refractivity contribution in [3.63, 3.8) is 0 Å². The van der Waals surface area contributed by atoms with Gasteiger partial charge in [-0.05, 0) is 12.1 Å². The molecule has 62 valence electrons. The van der Waals surface area contributed by atoms with Gasteiger partial charge >= 0.3 is 0 Å². The second kappa shape index (κ2) is 2.33. The Balaban J connectivity index is 2.57. The zero-order valence-corrected chi connectivity index (χ0v) is 6.90. The first kappa shape index (κ1) is 6.66. The third kappa shape index (κ3) is 0.920. The van der Waals surface area contributed by atoms with Gasteiger partial charge in [0, 0.05) is 11.5 Å². The number of rotatable bonds is 0. The van der Waals surface area contributed by atoms with Gasteiger partial charge in [0.1, 0.15) is 5.52 Å². The summed E-state index contributed by atoms with van der Waals surface area (Å²) in [5.41, 5.74) is 2.77. The summed E-state index contributed by atoms with van der Waals surface area (Å²) in [7, 11) is 0. The third-order valence-electron chi connectivity index (χ3n) is 2.14. The van der Waals surface area contributed by atoms with Gasteiger partial charge in [-0.1, -0.05) is 18.2 Å². The van der Waals surface area contributed by atoms with E-state index >= 15 is 0 Å². The van der Waals surface area contributed by atoms with E-state index in [1.165, 1.54) is 0 Å². The third-order valence-corrected chi connectivity index (χ3v) is 2.14. The molecule has 0 aliphatic carbocycles. The Bertz CT molecular complexity index is 519. The van der Waals surface area contributed by atoms with E-state index < -0.39 is 0 Å². The number of furan rings is 1. The maximum atomic E-state index is 5.26. The van der Waals surface area contributed by atoms with Gasteiger partial charge in [0.15, 0.2) is 5.58 Å². The molecule has 2 heteroatoms. The van der Waals surface area contributed by atoms with Crippen LogP contribution in [0.1, 0.15) is 0 Å². The first-order chi connectivity index (χ1) is 6.43. The van der Waals surface area contributed by atoms with Crippen molar-refractivity contribution in [1.82, 2.24) is 4.98 Å². The summed E-state index contributed by atoms with van der Waals surface area (Å²) < 4.78 is 5.26.